The van der Waals surface area contributed by atoms with Gasteiger partial charge in [0.2, 0.25) is 0 Å². The Kier molecular flexibility index (Phi) is 2.78. The zero-order valence-electron chi connectivity index (χ0n) is 10.6. The van der Waals surface area contributed by atoms with Crippen LogP contribution in [0.25, 0.3) is 0 Å². The lowest BCUT2D eigenvalue weighted by atomic mass is 9.63. The van der Waals surface area contributed by atoms with Crippen molar-refractivity contribution < 1.29 is 5.11 Å². The Hall–Kier alpha value is -0.0400. The molecule has 0 aliphatic heterocycles. The average molecular weight is 198 g/mol. The minimum absolute atomic E-state index is 0.00144. The van der Waals surface area contributed by atoms with Gasteiger partial charge in [-0.15, -0.1) is 0 Å². The summed E-state index contributed by atoms with van der Waals surface area (Å²) < 4.78 is 0. The molecule has 1 aliphatic rings. The molecule has 1 rings (SSSR count). The van der Waals surface area contributed by atoms with E-state index < -0.39 is 5.60 Å². The average Bonchev–Trinajstić information content (AvgIpc) is 2.28. The molecule has 0 spiro atoms. The Morgan fingerprint density at radius 3 is 1.86 bits per heavy atom. The van der Waals surface area contributed by atoms with Crippen LogP contribution in [0.15, 0.2) is 0 Å². The molecular formula is C13H26O. The lowest BCUT2D eigenvalue weighted by Crippen LogP contribution is -2.50. The second kappa shape index (κ2) is 3.23. The predicted octanol–water partition coefficient (Wildman–Crippen LogP) is 3.61. The van der Waals surface area contributed by atoms with Gasteiger partial charge in [-0.25, -0.2) is 0 Å². The molecule has 0 saturated heterocycles. The van der Waals surface area contributed by atoms with E-state index in [0.717, 1.165) is 6.42 Å². The van der Waals surface area contributed by atoms with Gasteiger partial charge >= 0.3 is 0 Å². The molecule has 1 fully saturated rings. The lowest BCUT2D eigenvalue weighted by Gasteiger charge is -2.47. The molecule has 1 saturated carbocycles. The Morgan fingerprint density at radius 1 is 1.07 bits per heavy atom. The summed E-state index contributed by atoms with van der Waals surface area (Å²) in [4.78, 5) is 0. The topological polar surface area (TPSA) is 20.2 Å². The van der Waals surface area contributed by atoms with Gasteiger partial charge in [0, 0.05) is 0 Å². The summed E-state index contributed by atoms with van der Waals surface area (Å²) in [7, 11) is 0. The molecule has 2 atom stereocenters. The minimum atomic E-state index is -0.467. The van der Waals surface area contributed by atoms with E-state index in [0.29, 0.717) is 5.92 Å². The van der Waals surface area contributed by atoms with Crippen LogP contribution in [-0.4, -0.2) is 10.7 Å². The number of rotatable bonds is 0. The van der Waals surface area contributed by atoms with Crippen molar-refractivity contribution >= 4 is 0 Å². The second-order valence-electron chi connectivity index (χ2n) is 6.99. The van der Waals surface area contributed by atoms with Gasteiger partial charge in [0.15, 0.2) is 0 Å². The van der Waals surface area contributed by atoms with E-state index in [2.05, 4.69) is 41.5 Å². The van der Waals surface area contributed by atoms with Crippen LogP contribution in [0.2, 0.25) is 0 Å². The molecule has 0 unspecified atom stereocenters. The second-order valence-corrected chi connectivity index (χ2v) is 6.99. The van der Waals surface area contributed by atoms with Gasteiger partial charge in [0.25, 0.3) is 0 Å². The van der Waals surface area contributed by atoms with Crippen molar-refractivity contribution in [3.8, 4) is 0 Å². The van der Waals surface area contributed by atoms with Gasteiger partial charge in [-0.05, 0) is 29.6 Å². The zero-order valence-corrected chi connectivity index (χ0v) is 10.6. The molecule has 1 aliphatic carbocycles. The third-order valence-electron chi connectivity index (χ3n) is 3.97. The van der Waals surface area contributed by atoms with Crippen molar-refractivity contribution in [2.24, 2.45) is 16.7 Å². The monoisotopic (exact) mass is 198 g/mol. The molecule has 1 N–H and O–H groups in total. The van der Waals surface area contributed by atoms with Crippen molar-refractivity contribution in [3.63, 3.8) is 0 Å². The van der Waals surface area contributed by atoms with Crippen LogP contribution in [0.1, 0.15) is 60.8 Å². The summed E-state index contributed by atoms with van der Waals surface area (Å²) in [5, 5.41) is 10.8. The highest BCUT2D eigenvalue weighted by atomic mass is 16.3. The molecular weight excluding hydrogens is 172 g/mol. The molecule has 84 valence electrons. The van der Waals surface area contributed by atoms with E-state index in [1.807, 2.05) is 0 Å². The normalized spacial score (nSPS) is 34.9. The molecule has 1 heteroatoms. The SMILES string of the molecule is CC(C)(C)[C@H]1CCC[C@]1(O)C(C)(C)C. The van der Waals surface area contributed by atoms with Gasteiger partial charge in [-0.3, -0.25) is 0 Å². The number of hydrogen-bond donors (Lipinski definition) is 1. The molecule has 0 heterocycles. The Balaban J connectivity index is 2.99. The van der Waals surface area contributed by atoms with Crippen molar-refractivity contribution in [2.45, 2.75) is 66.4 Å². The van der Waals surface area contributed by atoms with E-state index in [4.69, 9.17) is 0 Å². The van der Waals surface area contributed by atoms with Gasteiger partial charge in [-0.1, -0.05) is 48.0 Å². The summed E-state index contributed by atoms with van der Waals surface area (Å²) in [5.74, 6) is 0.440. The van der Waals surface area contributed by atoms with Gasteiger partial charge < -0.3 is 5.11 Å². The van der Waals surface area contributed by atoms with Crippen LogP contribution >= 0.6 is 0 Å². The highest BCUT2D eigenvalue weighted by Gasteiger charge is 2.53. The number of hydrogen-bond acceptors (Lipinski definition) is 1. The first-order valence-corrected chi connectivity index (χ1v) is 5.81. The fraction of sp³-hybridized carbons (Fsp3) is 1.00. The maximum absolute atomic E-state index is 10.8. The van der Waals surface area contributed by atoms with Crippen LogP contribution in [0.4, 0.5) is 0 Å². The predicted molar refractivity (Wildman–Crippen MR) is 61.2 cm³/mol. The minimum Gasteiger partial charge on any atom is -0.389 e. The summed E-state index contributed by atoms with van der Waals surface area (Å²) >= 11 is 0. The Morgan fingerprint density at radius 2 is 1.57 bits per heavy atom. The third-order valence-corrected chi connectivity index (χ3v) is 3.97. The summed E-state index contributed by atoms with van der Waals surface area (Å²) in [5.41, 5.74) is -0.245. The largest absolute Gasteiger partial charge is 0.389 e. The highest BCUT2D eigenvalue weighted by Crippen LogP contribution is 2.53. The molecule has 1 nitrogen and oxygen atoms in total. The van der Waals surface area contributed by atoms with E-state index in [9.17, 15) is 5.11 Å². The number of aliphatic hydroxyl groups is 1. The Bertz CT molecular complexity index is 206. The van der Waals surface area contributed by atoms with E-state index >= 15 is 0 Å². The van der Waals surface area contributed by atoms with Crippen LogP contribution in [0.3, 0.4) is 0 Å². The third kappa shape index (κ3) is 1.84. The zero-order chi connectivity index (χ0) is 11.2. The fourth-order valence-corrected chi connectivity index (χ4v) is 3.04. The molecule has 0 aromatic carbocycles. The van der Waals surface area contributed by atoms with E-state index in [1.165, 1.54) is 12.8 Å². The summed E-state index contributed by atoms with van der Waals surface area (Å²) in [6, 6.07) is 0. The quantitative estimate of drug-likeness (QED) is 0.630. The smallest absolute Gasteiger partial charge is 0.0728 e. The van der Waals surface area contributed by atoms with Gasteiger partial charge in [0.1, 0.15) is 0 Å². The van der Waals surface area contributed by atoms with Gasteiger partial charge in [-0.2, -0.15) is 0 Å². The molecule has 14 heavy (non-hydrogen) atoms. The first-order valence-electron chi connectivity index (χ1n) is 5.81. The molecule has 0 bridgehead atoms. The van der Waals surface area contributed by atoms with Crippen LogP contribution in [-0.2, 0) is 0 Å². The van der Waals surface area contributed by atoms with E-state index in [1.54, 1.807) is 0 Å². The summed E-state index contributed by atoms with van der Waals surface area (Å²) in [6.07, 6.45) is 3.32. The maximum atomic E-state index is 10.8. The first-order chi connectivity index (χ1) is 6.09. The van der Waals surface area contributed by atoms with Crippen LogP contribution < -0.4 is 0 Å². The summed E-state index contributed by atoms with van der Waals surface area (Å²) in [6.45, 7) is 13.2. The van der Waals surface area contributed by atoms with E-state index in [-0.39, 0.29) is 10.8 Å². The molecule has 0 amide bonds. The van der Waals surface area contributed by atoms with Crippen molar-refractivity contribution in [1.29, 1.82) is 0 Å². The van der Waals surface area contributed by atoms with Gasteiger partial charge in [0.05, 0.1) is 5.60 Å². The van der Waals surface area contributed by atoms with Crippen molar-refractivity contribution in [3.05, 3.63) is 0 Å². The lowest BCUT2D eigenvalue weighted by molar-refractivity contribution is -0.116. The van der Waals surface area contributed by atoms with Crippen LogP contribution in [0.5, 0.6) is 0 Å². The van der Waals surface area contributed by atoms with Crippen molar-refractivity contribution in [1.82, 2.24) is 0 Å². The standard InChI is InChI=1S/C13H26O/c1-11(2,3)10-8-7-9-13(10,14)12(4,5)6/h10,14H,7-9H2,1-6H3/t10-,13-/m1/s1. The van der Waals surface area contributed by atoms with Crippen molar-refractivity contribution in [2.75, 3.05) is 0 Å². The highest BCUT2D eigenvalue weighted by molar-refractivity contribution is 5.03. The Labute approximate surface area is 88.9 Å². The molecule has 0 aromatic rings. The van der Waals surface area contributed by atoms with Crippen LogP contribution in [0, 0.1) is 16.7 Å². The molecule has 0 aromatic heterocycles. The fourth-order valence-electron chi connectivity index (χ4n) is 3.04. The maximum Gasteiger partial charge on any atom is 0.0728 e. The first kappa shape index (κ1) is 12.0. The molecule has 0 radical (unpaired) electrons.